The molecule has 2 atom stereocenters. The lowest BCUT2D eigenvalue weighted by molar-refractivity contribution is 0.0169. The zero-order valence-electron chi connectivity index (χ0n) is 9.84. The average Bonchev–Trinajstić information content (AvgIpc) is 2.37. The summed E-state index contributed by atoms with van der Waals surface area (Å²) in [6.07, 6.45) is -1.88. The van der Waals surface area contributed by atoms with E-state index in [4.69, 9.17) is 21.4 Å². The van der Waals surface area contributed by atoms with E-state index in [1.165, 1.54) is 25.3 Å². The minimum Gasteiger partial charge on any atom is -0.496 e. The van der Waals surface area contributed by atoms with Crippen molar-refractivity contribution in [3.8, 4) is 5.75 Å². The molecule has 0 spiro atoms. The minimum absolute atomic E-state index is 0.000262. The number of methoxy groups -OCH3 is 1. The normalized spacial score (nSPS) is 14.0. The summed E-state index contributed by atoms with van der Waals surface area (Å²) in [4.78, 5) is 10.9. The predicted molar refractivity (Wildman–Crippen MR) is 66.3 cm³/mol. The van der Waals surface area contributed by atoms with E-state index in [0.717, 1.165) is 0 Å². The van der Waals surface area contributed by atoms with Crippen LogP contribution in [0.4, 0.5) is 0 Å². The predicted octanol–water partition coefficient (Wildman–Crippen LogP) is 1.42. The Hall–Kier alpha value is -1.30. The summed E-state index contributed by atoms with van der Waals surface area (Å²) in [5.74, 6) is -0.755. The van der Waals surface area contributed by atoms with Crippen LogP contribution in [0.25, 0.3) is 0 Å². The summed E-state index contributed by atoms with van der Waals surface area (Å²) in [7, 11) is 1.34. The Labute approximate surface area is 110 Å². The van der Waals surface area contributed by atoms with Crippen LogP contribution in [0.5, 0.6) is 5.75 Å². The largest absolute Gasteiger partial charge is 0.496 e. The number of alkyl halides is 1. The molecular weight excluding hydrogens is 260 g/mol. The van der Waals surface area contributed by atoms with Crippen molar-refractivity contribution in [1.82, 2.24) is 0 Å². The number of aromatic carboxylic acids is 1. The summed E-state index contributed by atoms with van der Waals surface area (Å²) in [5, 5.41) is 28.4. The zero-order valence-corrected chi connectivity index (χ0v) is 10.6. The molecule has 0 heterocycles. The molecular formula is C12H15ClO5. The van der Waals surface area contributed by atoms with Gasteiger partial charge in [0.1, 0.15) is 17.4 Å². The molecule has 0 saturated heterocycles. The molecule has 100 valence electrons. The number of hydrogen-bond donors (Lipinski definition) is 3. The molecule has 0 radical (unpaired) electrons. The lowest BCUT2D eigenvalue weighted by Gasteiger charge is -2.18. The second kappa shape index (κ2) is 6.58. The Balaban J connectivity index is 3.01. The van der Waals surface area contributed by atoms with Gasteiger partial charge in [0.05, 0.1) is 13.2 Å². The highest BCUT2D eigenvalue weighted by Gasteiger charge is 2.20. The summed E-state index contributed by atoms with van der Waals surface area (Å²) >= 11 is 5.48. The van der Waals surface area contributed by atoms with Gasteiger partial charge >= 0.3 is 5.97 Å². The van der Waals surface area contributed by atoms with Crippen molar-refractivity contribution in [2.24, 2.45) is 0 Å². The molecule has 3 N–H and O–H groups in total. The number of rotatable bonds is 6. The molecule has 0 fully saturated rings. The lowest BCUT2D eigenvalue weighted by Crippen LogP contribution is -2.19. The van der Waals surface area contributed by atoms with Gasteiger partial charge in [-0.15, -0.1) is 11.6 Å². The van der Waals surface area contributed by atoms with Gasteiger partial charge in [-0.05, 0) is 24.1 Å². The summed E-state index contributed by atoms with van der Waals surface area (Å²) in [5.41, 5.74) is 0.384. The van der Waals surface area contributed by atoms with E-state index in [1.54, 1.807) is 0 Å². The van der Waals surface area contributed by atoms with Crippen LogP contribution in [0.1, 0.15) is 28.4 Å². The molecule has 2 unspecified atom stereocenters. The van der Waals surface area contributed by atoms with Crippen molar-refractivity contribution >= 4 is 17.6 Å². The van der Waals surface area contributed by atoms with E-state index in [9.17, 15) is 15.0 Å². The van der Waals surface area contributed by atoms with E-state index < -0.39 is 18.2 Å². The highest BCUT2D eigenvalue weighted by molar-refractivity contribution is 6.17. The third-order valence-corrected chi connectivity index (χ3v) is 2.79. The second-order valence-corrected chi connectivity index (χ2v) is 4.13. The maximum absolute atomic E-state index is 10.9. The number of carbonyl (C=O) groups is 1. The first kappa shape index (κ1) is 14.8. The fourth-order valence-corrected chi connectivity index (χ4v) is 1.78. The number of benzene rings is 1. The van der Waals surface area contributed by atoms with Gasteiger partial charge in [0.15, 0.2) is 0 Å². The standard InChI is InChI=1S/C12H15ClO5/c1-18-10-6-7(2-3-8(10)12(16)17)11(15)9(14)4-5-13/h2-3,6,9,11,14-15H,4-5H2,1H3,(H,16,17). The number of aliphatic hydroxyl groups excluding tert-OH is 2. The number of aliphatic hydroxyl groups is 2. The molecule has 0 saturated carbocycles. The number of carboxylic acids is 1. The van der Waals surface area contributed by atoms with Gasteiger partial charge in [0, 0.05) is 5.88 Å². The monoisotopic (exact) mass is 274 g/mol. The molecule has 1 aromatic carbocycles. The summed E-state index contributed by atoms with van der Waals surface area (Å²) in [6.45, 7) is 0. The molecule has 0 aliphatic carbocycles. The maximum atomic E-state index is 10.9. The lowest BCUT2D eigenvalue weighted by atomic mass is 10.0. The van der Waals surface area contributed by atoms with E-state index in [0.29, 0.717) is 5.56 Å². The van der Waals surface area contributed by atoms with Crippen molar-refractivity contribution in [3.63, 3.8) is 0 Å². The fourth-order valence-electron chi connectivity index (χ4n) is 1.56. The Morgan fingerprint density at radius 1 is 1.44 bits per heavy atom. The van der Waals surface area contributed by atoms with Gasteiger partial charge in [-0.2, -0.15) is 0 Å². The molecule has 0 aliphatic heterocycles. The Bertz CT molecular complexity index is 421. The van der Waals surface area contributed by atoms with Gasteiger partial charge in [0.25, 0.3) is 0 Å². The maximum Gasteiger partial charge on any atom is 0.339 e. The topological polar surface area (TPSA) is 87.0 Å². The average molecular weight is 275 g/mol. The number of hydrogen-bond acceptors (Lipinski definition) is 4. The first-order valence-electron chi connectivity index (χ1n) is 5.34. The molecule has 5 nitrogen and oxygen atoms in total. The van der Waals surface area contributed by atoms with Crippen molar-refractivity contribution in [2.45, 2.75) is 18.6 Å². The minimum atomic E-state index is -1.12. The second-order valence-electron chi connectivity index (χ2n) is 3.75. The molecule has 0 aliphatic rings. The van der Waals surface area contributed by atoms with E-state index in [-0.39, 0.29) is 23.6 Å². The van der Waals surface area contributed by atoms with Crippen LogP contribution in [0.3, 0.4) is 0 Å². The summed E-state index contributed by atoms with van der Waals surface area (Å²) in [6, 6.07) is 4.16. The SMILES string of the molecule is COc1cc(C(O)C(O)CCCl)ccc1C(=O)O. The Morgan fingerprint density at radius 2 is 2.11 bits per heavy atom. The molecule has 18 heavy (non-hydrogen) atoms. The fraction of sp³-hybridized carbons (Fsp3) is 0.417. The van der Waals surface area contributed by atoms with Crippen molar-refractivity contribution in [2.75, 3.05) is 13.0 Å². The first-order valence-corrected chi connectivity index (χ1v) is 5.88. The molecule has 1 rings (SSSR count). The number of halogens is 1. The van der Waals surface area contributed by atoms with Crippen LogP contribution in [0, 0.1) is 0 Å². The van der Waals surface area contributed by atoms with E-state index in [2.05, 4.69) is 0 Å². The van der Waals surface area contributed by atoms with Crippen molar-refractivity contribution in [1.29, 1.82) is 0 Å². The van der Waals surface area contributed by atoms with Crippen LogP contribution in [0.15, 0.2) is 18.2 Å². The van der Waals surface area contributed by atoms with Gasteiger partial charge < -0.3 is 20.1 Å². The number of ether oxygens (including phenoxy) is 1. The van der Waals surface area contributed by atoms with Crippen LogP contribution in [-0.4, -0.2) is 40.4 Å². The zero-order chi connectivity index (χ0) is 13.7. The van der Waals surface area contributed by atoms with Gasteiger partial charge in [-0.1, -0.05) is 6.07 Å². The smallest absolute Gasteiger partial charge is 0.339 e. The van der Waals surface area contributed by atoms with Gasteiger partial charge in [-0.3, -0.25) is 0 Å². The first-order chi connectivity index (χ1) is 8.51. The summed E-state index contributed by atoms with van der Waals surface area (Å²) < 4.78 is 4.94. The Morgan fingerprint density at radius 3 is 2.61 bits per heavy atom. The van der Waals surface area contributed by atoms with Gasteiger partial charge in [0.2, 0.25) is 0 Å². The van der Waals surface area contributed by atoms with Gasteiger partial charge in [-0.25, -0.2) is 4.79 Å². The van der Waals surface area contributed by atoms with E-state index >= 15 is 0 Å². The Kier molecular flexibility index (Phi) is 5.40. The quantitative estimate of drug-likeness (QED) is 0.683. The van der Waals surface area contributed by atoms with Crippen LogP contribution in [0.2, 0.25) is 0 Å². The van der Waals surface area contributed by atoms with Crippen LogP contribution >= 0.6 is 11.6 Å². The number of carboxylic acid groups (broad SMARTS) is 1. The van der Waals surface area contributed by atoms with Crippen LogP contribution in [-0.2, 0) is 0 Å². The third-order valence-electron chi connectivity index (χ3n) is 2.57. The molecule has 6 heteroatoms. The van der Waals surface area contributed by atoms with Crippen molar-refractivity contribution < 1.29 is 24.9 Å². The highest BCUT2D eigenvalue weighted by Crippen LogP contribution is 2.26. The molecule has 0 aromatic heterocycles. The molecule has 0 amide bonds. The molecule has 0 bridgehead atoms. The van der Waals surface area contributed by atoms with Crippen molar-refractivity contribution in [3.05, 3.63) is 29.3 Å². The van der Waals surface area contributed by atoms with Crippen LogP contribution < -0.4 is 4.74 Å². The van der Waals surface area contributed by atoms with E-state index in [1.807, 2.05) is 0 Å². The molecule has 1 aromatic rings. The highest BCUT2D eigenvalue weighted by atomic mass is 35.5. The third kappa shape index (κ3) is 3.35.